The fourth-order valence-electron chi connectivity index (χ4n) is 3.68. The minimum atomic E-state index is -1.16. The summed E-state index contributed by atoms with van der Waals surface area (Å²) in [7, 11) is 0. The van der Waals surface area contributed by atoms with Crippen molar-refractivity contribution in [1.82, 2.24) is 0 Å². The first kappa shape index (κ1) is 32.5. The molecule has 0 aliphatic rings. The normalized spacial score (nSPS) is 10.4. The van der Waals surface area contributed by atoms with Crippen LogP contribution in [-0.4, -0.2) is 44.3 Å². The van der Waals surface area contributed by atoms with Crippen molar-refractivity contribution in [3.05, 3.63) is 103 Å². The Balaban J connectivity index is 1.36. The van der Waals surface area contributed by atoms with Crippen molar-refractivity contribution in [2.24, 2.45) is 0 Å². The number of benzene rings is 3. The third-order valence-corrected chi connectivity index (χ3v) is 5.91. The maximum atomic E-state index is 12.6. The van der Waals surface area contributed by atoms with E-state index in [9.17, 15) is 23.2 Å². The highest BCUT2D eigenvalue weighted by atomic mass is 19.1. The third kappa shape index (κ3) is 11.4. The Labute approximate surface area is 248 Å². The van der Waals surface area contributed by atoms with Crippen molar-refractivity contribution in [3.63, 3.8) is 0 Å². The second kappa shape index (κ2) is 17.1. The molecule has 0 atom stereocenters. The Morgan fingerprint density at radius 2 is 0.977 bits per heavy atom. The molecular weight excluding hydrogens is 562 g/mol. The van der Waals surface area contributed by atoms with Crippen LogP contribution in [0.5, 0.6) is 17.2 Å². The second-order valence-corrected chi connectivity index (χ2v) is 9.16. The SMILES string of the molecule is C=C(F)C(=O)OCCCCCCOc1ccc(C(=O)Oc2ccc(-c3ccc(OCCOC(=O)C(=C)F)cc3)cc2)cc1. The Morgan fingerprint density at radius 3 is 1.51 bits per heavy atom. The number of ether oxygens (including phenoxy) is 5. The van der Waals surface area contributed by atoms with E-state index >= 15 is 0 Å². The molecule has 0 radical (unpaired) electrons. The summed E-state index contributed by atoms with van der Waals surface area (Å²) in [5, 5.41) is 0. The number of carbonyl (C=O) groups excluding carboxylic acids is 3. The first-order chi connectivity index (χ1) is 20.7. The van der Waals surface area contributed by atoms with Crippen LogP contribution in [0, 0.1) is 0 Å². The highest BCUT2D eigenvalue weighted by molar-refractivity contribution is 5.91. The summed E-state index contributed by atoms with van der Waals surface area (Å²) in [5.41, 5.74) is 2.18. The summed E-state index contributed by atoms with van der Waals surface area (Å²) in [6.07, 6.45) is 3.09. The molecule has 0 aromatic heterocycles. The van der Waals surface area contributed by atoms with Gasteiger partial charge in [0.25, 0.3) is 0 Å². The molecule has 0 heterocycles. The van der Waals surface area contributed by atoms with Gasteiger partial charge in [0.15, 0.2) is 0 Å². The van der Waals surface area contributed by atoms with Crippen LogP contribution in [0.4, 0.5) is 8.78 Å². The van der Waals surface area contributed by atoms with Crippen LogP contribution in [0.25, 0.3) is 11.1 Å². The molecule has 3 aromatic carbocycles. The molecule has 0 amide bonds. The predicted molar refractivity (Wildman–Crippen MR) is 155 cm³/mol. The van der Waals surface area contributed by atoms with E-state index in [0.717, 1.165) is 30.4 Å². The summed E-state index contributed by atoms with van der Waals surface area (Å²) >= 11 is 0. The zero-order valence-corrected chi connectivity index (χ0v) is 23.5. The number of rotatable bonds is 17. The monoisotopic (exact) mass is 594 g/mol. The first-order valence-corrected chi connectivity index (χ1v) is 13.5. The first-order valence-electron chi connectivity index (χ1n) is 13.5. The molecule has 3 rings (SSSR count). The van der Waals surface area contributed by atoms with Crippen molar-refractivity contribution in [1.29, 1.82) is 0 Å². The molecule has 226 valence electrons. The summed E-state index contributed by atoms with van der Waals surface area (Å²) in [6.45, 7) is 6.35. The van der Waals surface area contributed by atoms with E-state index in [4.69, 9.17) is 18.9 Å². The fourth-order valence-corrected chi connectivity index (χ4v) is 3.68. The lowest BCUT2D eigenvalue weighted by atomic mass is 10.1. The van der Waals surface area contributed by atoms with E-state index < -0.39 is 29.6 Å². The van der Waals surface area contributed by atoms with Gasteiger partial charge in [-0.3, -0.25) is 0 Å². The van der Waals surface area contributed by atoms with Gasteiger partial charge in [-0.25, -0.2) is 14.4 Å². The standard InChI is InChI=1S/C33H32F2O8/c1-23(34)31(36)41-20-6-4-3-5-19-39-28-15-11-27(12-16-28)33(38)43-30-17-9-26(10-18-30)25-7-13-29(14-8-25)40-21-22-42-32(37)24(2)35/h7-18H,1-6,19-22H2. The number of hydrogen-bond donors (Lipinski definition) is 0. The number of unbranched alkanes of at least 4 members (excludes halogenated alkanes) is 3. The highest BCUT2D eigenvalue weighted by Gasteiger charge is 2.10. The number of hydrogen-bond acceptors (Lipinski definition) is 8. The molecule has 0 aliphatic heterocycles. The Morgan fingerprint density at radius 1 is 0.535 bits per heavy atom. The molecule has 8 nitrogen and oxygen atoms in total. The van der Waals surface area contributed by atoms with Crippen LogP contribution in [-0.2, 0) is 19.1 Å². The molecule has 0 saturated carbocycles. The van der Waals surface area contributed by atoms with Gasteiger partial charge >= 0.3 is 17.9 Å². The summed E-state index contributed by atoms with van der Waals surface area (Å²) in [6, 6.07) is 20.9. The Hall–Kier alpha value is -4.99. The lowest BCUT2D eigenvalue weighted by Crippen LogP contribution is -2.12. The lowest BCUT2D eigenvalue weighted by Gasteiger charge is -2.09. The third-order valence-electron chi connectivity index (χ3n) is 5.91. The molecule has 43 heavy (non-hydrogen) atoms. The van der Waals surface area contributed by atoms with Gasteiger partial charge in [-0.15, -0.1) is 0 Å². The van der Waals surface area contributed by atoms with E-state index in [1.807, 2.05) is 24.3 Å². The minimum Gasteiger partial charge on any atom is -0.494 e. The highest BCUT2D eigenvalue weighted by Crippen LogP contribution is 2.25. The van der Waals surface area contributed by atoms with Gasteiger partial charge in [-0.05, 0) is 85.3 Å². The molecule has 0 fully saturated rings. The average molecular weight is 595 g/mol. The molecule has 0 saturated heterocycles. The van der Waals surface area contributed by atoms with E-state index in [1.165, 1.54) is 0 Å². The summed E-state index contributed by atoms with van der Waals surface area (Å²) in [5.74, 6) is -3.31. The summed E-state index contributed by atoms with van der Waals surface area (Å²) in [4.78, 5) is 34.5. The van der Waals surface area contributed by atoms with Crippen LogP contribution in [0.15, 0.2) is 97.6 Å². The van der Waals surface area contributed by atoms with Crippen LogP contribution in [0.1, 0.15) is 36.0 Å². The van der Waals surface area contributed by atoms with Gasteiger partial charge in [0.1, 0.15) is 30.5 Å². The van der Waals surface area contributed by atoms with Crippen LogP contribution < -0.4 is 14.2 Å². The topological polar surface area (TPSA) is 97.4 Å². The van der Waals surface area contributed by atoms with Crippen molar-refractivity contribution in [3.8, 4) is 28.4 Å². The molecular formula is C33H32F2O8. The van der Waals surface area contributed by atoms with Gasteiger partial charge in [0, 0.05) is 0 Å². The summed E-state index contributed by atoms with van der Waals surface area (Å²) < 4.78 is 51.1. The maximum Gasteiger partial charge on any atom is 0.366 e. The van der Waals surface area contributed by atoms with E-state index in [0.29, 0.717) is 35.8 Å². The van der Waals surface area contributed by atoms with Gasteiger partial charge in [0.05, 0.1) is 18.8 Å². The van der Waals surface area contributed by atoms with Crippen LogP contribution >= 0.6 is 0 Å². The van der Waals surface area contributed by atoms with Crippen LogP contribution in [0.2, 0.25) is 0 Å². The van der Waals surface area contributed by atoms with Gasteiger partial charge in [0.2, 0.25) is 11.7 Å². The number of carbonyl (C=O) groups is 3. The van der Waals surface area contributed by atoms with Crippen molar-refractivity contribution in [2.75, 3.05) is 26.4 Å². The predicted octanol–water partition coefficient (Wildman–Crippen LogP) is 6.94. The Bertz CT molecular complexity index is 1380. The van der Waals surface area contributed by atoms with Crippen LogP contribution in [0.3, 0.4) is 0 Å². The molecule has 0 unspecified atom stereocenters. The zero-order chi connectivity index (χ0) is 31.0. The molecule has 3 aromatic rings. The van der Waals surface area contributed by atoms with Crippen molar-refractivity contribution < 1.29 is 46.8 Å². The molecule has 0 N–H and O–H groups in total. The smallest absolute Gasteiger partial charge is 0.366 e. The maximum absolute atomic E-state index is 12.6. The second-order valence-electron chi connectivity index (χ2n) is 9.16. The quantitative estimate of drug-likeness (QED) is 0.0718. The largest absolute Gasteiger partial charge is 0.494 e. The van der Waals surface area contributed by atoms with Crippen molar-refractivity contribution in [2.45, 2.75) is 25.7 Å². The molecule has 10 heteroatoms. The molecule has 0 aliphatic carbocycles. The fraction of sp³-hybridized carbons (Fsp3) is 0.242. The molecule has 0 bridgehead atoms. The van der Waals surface area contributed by atoms with Crippen molar-refractivity contribution >= 4 is 17.9 Å². The number of esters is 3. The number of halogens is 2. The lowest BCUT2D eigenvalue weighted by molar-refractivity contribution is -0.142. The van der Waals surface area contributed by atoms with Gasteiger partial charge in [-0.1, -0.05) is 37.4 Å². The van der Waals surface area contributed by atoms with Gasteiger partial charge in [-0.2, -0.15) is 8.78 Å². The zero-order valence-electron chi connectivity index (χ0n) is 23.5. The van der Waals surface area contributed by atoms with E-state index in [2.05, 4.69) is 17.9 Å². The molecule has 0 spiro atoms. The van der Waals surface area contributed by atoms with E-state index in [1.54, 1.807) is 48.5 Å². The minimum absolute atomic E-state index is 0.0684. The Kier molecular flexibility index (Phi) is 12.9. The van der Waals surface area contributed by atoms with Gasteiger partial charge < -0.3 is 23.7 Å². The van der Waals surface area contributed by atoms with E-state index in [-0.39, 0.29) is 19.8 Å². The average Bonchev–Trinajstić information content (AvgIpc) is 3.01.